The number of alkyl halides is 2. The van der Waals surface area contributed by atoms with E-state index in [2.05, 4.69) is 5.32 Å². The van der Waals surface area contributed by atoms with E-state index in [-0.39, 0.29) is 5.56 Å². The van der Waals surface area contributed by atoms with Crippen LogP contribution in [-0.4, -0.2) is 20.2 Å². The Labute approximate surface area is 106 Å². The highest BCUT2D eigenvalue weighted by molar-refractivity contribution is 5.38. The van der Waals surface area contributed by atoms with Crippen molar-refractivity contribution in [3.8, 4) is 5.75 Å². The molecule has 0 amide bonds. The maximum Gasteiger partial charge on any atom is 0.263 e. The molecule has 0 spiro atoms. The number of nitrogens with one attached hydrogen (secondary N) is 1. The number of hydrogen-bond acceptors (Lipinski definition) is 2. The fourth-order valence-electron chi connectivity index (χ4n) is 2.46. The van der Waals surface area contributed by atoms with Crippen molar-refractivity contribution in [2.75, 3.05) is 20.2 Å². The van der Waals surface area contributed by atoms with Gasteiger partial charge in [0.15, 0.2) is 0 Å². The van der Waals surface area contributed by atoms with Gasteiger partial charge in [-0.2, -0.15) is 0 Å². The Kier molecular flexibility index (Phi) is 4.53. The van der Waals surface area contributed by atoms with E-state index in [4.69, 9.17) is 4.74 Å². The first-order chi connectivity index (χ1) is 8.70. The number of methoxy groups -OCH3 is 1. The van der Waals surface area contributed by atoms with Gasteiger partial charge >= 0.3 is 0 Å². The minimum absolute atomic E-state index is 0.0286. The first-order valence-electron chi connectivity index (χ1n) is 6.36. The molecule has 4 heteroatoms. The predicted octanol–water partition coefficient (Wildman–Crippen LogP) is 3.17. The van der Waals surface area contributed by atoms with E-state index >= 15 is 0 Å². The van der Waals surface area contributed by atoms with Gasteiger partial charge in [0.2, 0.25) is 0 Å². The number of ether oxygens (including phenoxy) is 1. The van der Waals surface area contributed by atoms with Crippen LogP contribution in [0.25, 0.3) is 0 Å². The summed E-state index contributed by atoms with van der Waals surface area (Å²) in [6.07, 6.45) is 0.750. The van der Waals surface area contributed by atoms with Crippen LogP contribution in [0, 0.1) is 5.92 Å². The van der Waals surface area contributed by atoms with Crippen molar-refractivity contribution in [2.45, 2.75) is 25.7 Å². The van der Waals surface area contributed by atoms with E-state index in [1.165, 1.54) is 19.2 Å². The van der Waals surface area contributed by atoms with E-state index in [0.717, 1.165) is 37.9 Å². The molecule has 1 heterocycles. The fourth-order valence-corrected chi connectivity index (χ4v) is 2.46. The summed E-state index contributed by atoms with van der Waals surface area (Å²) in [5, 5.41) is 3.32. The smallest absolute Gasteiger partial charge is 0.263 e. The molecule has 1 aliphatic rings. The predicted molar refractivity (Wildman–Crippen MR) is 67.2 cm³/mol. The van der Waals surface area contributed by atoms with Crippen LogP contribution in [0.15, 0.2) is 18.2 Å². The average Bonchev–Trinajstić information content (AvgIpc) is 2.40. The first kappa shape index (κ1) is 13.3. The second-order valence-electron chi connectivity index (χ2n) is 4.77. The minimum Gasteiger partial charge on any atom is -0.496 e. The summed E-state index contributed by atoms with van der Waals surface area (Å²) in [5.41, 5.74) is 1.06. The van der Waals surface area contributed by atoms with E-state index in [1.54, 1.807) is 6.07 Å². The lowest BCUT2D eigenvalue weighted by atomic mass is 9.90. The molecule has 1 aliphatic heterocycles. The van der Waals surface area contributed by atoms with Crippen LogP contribution in [0.3, 0.4) is 0 Å². The molecule has 0 unspecified atom stereocenters. The second-order valence-corrected chi connectivity index (χ2v) is 4.77. The van der Waals surface area contributed by atoms with E-state index in [1.807, 2.05) is 0 Å². The Morgan fingerprint density at radius 2 is 2.06 bits per heavy atom. The fraction of sp³-hybridized carbons (Fsp3) is 0.571. The zero-order valence-electron chi connectivity index (χ0n) is 10.6. The normalized spacial score (nSPS) is 17.1. The van der Waals surface area contributed by atoms with Gasteiger partial charge in [0.25, 0.3) is 6.43 Å². The number of rotatable bonds is 4. The van der Waals surface area contributed by atoms with Crippen molar-refractivity contribution in [3.63, 3.8) is 0 Å². The van der Waals surface area contributed by atoms with Crippen LogP contribution in [0.1, 0.15) is 30.4 Å². The molecular weight excluding hydrogens is 236 g/mol. The van der Waals surface area contributed by atoms with Crippen molar-refractivity contribution in [1.82, 2.24) is 5.32 Å². The lowest BCUT2D eigenvalue weighted by Gasteiger charge is -2.23. The average molecular weight is 255 g/mol. The summed E-state index contributed by atoms with van der Waals surface area (Å²) in [7, 11) is 1.54. The molecular formula is C14H19F2NO. The minimum atomic E-state index is -2.44. The molecule has 2 nitrogen and oxygen atoms in total. The third-order valence-electron chi connectivity index (χ3n) is 3.53. The zero-order valence-corrected chi connectivity index (χ0v) is 10.6. The second kappa shape index (κ2) is 6.14. The van der Waals surface area contributed by atoms with Gasteiger partial charge in [-0.05, 0) is 49.9 Å². The van der Waals surface area contributed by atoms with Gasteiger partial charge in [0.1, 0.15) is 5.75 Å². The molecule has 0 aliphatic carbocycles. The summed E-state index contributed by atoms with van der Waals surface area (Å²) in [6, 6.07) is 4.74. The lowest BCUT2D eigenvalue weighted by molar-refractivity contribution is 0.151. The van der Waals surface area contributed by atoms with Crippen molar-refractivity contribution >= 4 is 0 Å². The van der Waals surface area contributed by atoms with Gasteiger partial charge < -0.3 is 10.1 Å². The van der Waals surface area contributed by atoms with Gasteiger partial charge in [-0.25, -0.2) is 8.78 Å². The van der Waals surface area contributed by atoms with Gasteiger partial charge in [0, 0.05) is 5.56 Å². The SMILES string of the molecule is COc1cc(C(F)F)ccc1CC1CCNCC1. The summed E-state index contributed by atoms with van der Waals surface area (Å²) in [5.74, 6) is 1.21. The summed E-state index contributed by atoms with van der Waals surface area (Å²) < 4.78 is 30.4. The molecule has 1 aromatic carbocycles. The maximum absolute atomic E-state index is 12.6. The zero-order chi connectivity index (χ0) is 13.0. The molecule has 0 bridgehead atoms. The van der Waals surface area contributed by atoms with Crippen molar-refractivity contribution in [3.05, 3.63) is 29.3 Å². The van der Waals surface area contributed by atoms with E-state index in [0.29, 0.717) is 11.7 Å². The number of benzene rings is 1. The van der Waals surface area contributed by atoms with Gasteiger partial charge in [0.05, 0.1) is 7.11 Å². The molecule has 1 saturated heterocycles. The Bertz CT molecular complexity index is 389. The Balaban J connectivity index is 2.11. The van der Waals surface area contributed by atoms with Crippen molar-refractivity contribution in [2.24, 2.45) is 5.92 Å². The lowest BCUT2D eigenvalue weighted by Crippen LogP contribution is -2.28. The molecule has 18 heavy (non-hydrogen) atoms. The summed E-state index contributed by atoms with van der Waals surface area (Å²) in [6.45, 7) is 2.09. The van der Waals surface area contributed by atoms with E-state index in [9.17, 15) is 8.78 Å². The van der Waals surface area contributed by atoms with Crippen LogP contribution < -0.4 is 10.1 Å². The molecule has 2 rings (SSSR count). The van der Waals surface area contributed by atoms with Crippen molar-refractivity contribution < 1.29 is 13.5 Å². The molecule has 0 aromatic heterocycles. The Morgan fingerprint density at radius 3 is 2.67 bits per heavy atom. The standard InChI is InChI=1S/C14H19F2NO/c1-18-13-9-12(14(15)16)3-2-11(13)8-10-4-6-17-7-5-10/h2-3,9-10,14,17H,4-8H2,1H3. The number of halogens is 2. The largest absolute Gasteiger partial charge is 0.496 e. The van der Waals surface area contributed by atoms with Gasteiger partial charge in [-0.15, -0.1) is 0 Å². The monoisotopic (exact) mass is 255 g/mol. The molecule has 0 saturated carbocycles. The highest BCUT2D eigenvalue weighted by Gasteiger charge is 2.17. The molecule has 1 fully saturated rings. The molecule has 100 valence electrons. The topological polar surface area (TPSA) is 21.3 Å². The summed E-state index contributed by atoms with van der Waals surface area (Å²) >= 11 is 0. The number of hydrogen-bond donors (Lipinski definition) is 1. The molecule has 0 atom stereocenters. The first-order valence-corrected chi connectivity index (χ1v) is 6.36. The summed E-state index contributed by atoms with van der Waals surface area (Å²) in [4.78, 5) is 0. The quantitative estimate of drug-likeness (QED) is 0.892. The van der Waals surface area contributed by atoms with Crippen LogP contribution in [0.5, 0.6) is 5.75 Å². The van der Waals surface area contributed by atoms with Gasteiger partial charge in [-0.3, -0.25) is 0 Å². The third kappa shape index (κ3) is 3.19. The third-order valence-corrected chi connectivity index (χ3v) is 3.53. The maximum atomic E-state index is 12.6. The van der Waals surface area contributed by atoms with Crippen LogP contribution >= 0.6 is 0 Å². The van der Waals surface area contributed by atoms with Gasteiger partial charge in [-0.1, -0.05) is 12.1 Å². The van der Waals surface area contributed by atoms with Crippen LogP contribution in [0.4, 0.5) is 8.78 Å². The highest BCUT2D eigenvalue weighted by Crippen LogP contribution is 2.29. The van der Waals surface area contributed by atoms with Crippen LogP contribution in [-0.2, 0) is 6.42 Å². The van der Waals surface area contributed by atoms with E-state index < -0.39 is 6.43 Å². The molecule has 1 N–H and O–H groups in total. The Hall–Kier alpha value is -1.16. The van der Waals surface area contributed by atoms with Crippen molar-refractivity contribution in [1.29, 1.82) is 0 Å². The highest BCUT2D eigenvalue weighted by atomic mass is 19.3. The molecule has 0 radical (unpaired) electrons. The Morgan fingerprint density at radius 1 is 1.33 bits per heavy atom. The molecule has 1 aromatic rings. The number of piperidine rings is 1. The van der Waals surface area contributed by atoms with Crippen LogP contribution in [0.2, 0.25) is 0 Å².